The predicted molar refractivity (Wildman–Crippen MR) is 74.5 cm³/mol. The van der Waals surface area contributed by atoms with Gasteiger partial charge in [-0.05, 0) is 38.5 Å². The summed E-state index contributed by atoms with van der Waals surface area (Å²) in [5.74, 6) is 0.795. The molecule has 1 aliphatic heterocycles. The minimum Gasteiger partial charge on any atom is -0.340 e. The minimum absolute atomic E-state index is 0.00223. The van der Waals surface area contributed by atoms with E-state index in [-0.39, 0.29) is 23.8 Å². The van der Waals surface area contributed by atoms with Gasteiger partial charge in [0, 0.05) is 6.54 Å². The quantitative estimate of drug-likeness (QED) is 0.848. The van der Waals surface area contributed by atoms with Gasteiger partial charge in [-0.1, -0.05) is 26.7 Å². The van der Waals surface area contributed by atoms with Gasteiger partial charge in [0.05, 0.1) is 0 Å². The Morgan fingerprint density at radius 1 is 1.26 bits per heavy atom. The summed E-state index contributed by atoms with van der Waals surface area (Å²) in [5.41, 5.74) is -0.763. The van der Waals surface area contributed by atoms with Crippen LogP contribution >= 0.6 is 0 Å². The Morgan fingerprint density at radius 3 is 2.37 bits per heavy atom. The molecule has 1 saturated heterocycles. The Bertz CT molecular complexity index is 370. The number of nitrogens with one attached hydrogen (secondary N) is 1. The second-order valence-corrected chi connectivity index (χ2v) is 6.91. The zero-order valence-corrected chi connectivity index (χ0v) is 12.5. The standard InChI is InChI=1S/C15H26N2O2/c1-10(2)12-13(18)16-15(3,4)14(19)17(12)9-11-7-5-6-8-11/h10-12H,5-9H2,1-4H3,(H,16,18). The van der Waals surface area contributed by atoms with Crippen molar-refractivity contribution in [1.82, 2.24) is 10.2 Å². The molecule has 1 N–H and O–H groups in total. The highest BCUT2D eigenvalue weighted by molar-refractivity contribution is 5.99. The number of carbonyl (C=O) groups is 2. The molecule has 0 aromatic heterocycles. The number of hydrogen-bond donors (Lipinski definition) is 1. The monoisotopic (exact) mass is 266 g/mol. The predicted octanol–water partition coefficient (Wildman–Crippen LogP) is 1.94. The van der Waals surface area contributed by atoms with E-state index in [0.717, 1.165) is 6.54 Å². The van der Waals surface area contributed by atoms with Gasteiger partial charge in [-0.15, -0.1) is 0 Å². The first kappa shape index (κ1) is 14.4. The van der Waals surface area contributed by atoms with E-state index in [1.807, 2.05) is 18.7 Å². The molecule has 1 aliphatic carbocycles. The maximum Gasteiger partial charge on any atom is 0.248 e. The maximum absolute atomic E-state index is 12.6. The van der Waals surface area contributed by atoms with Gasteiger partial charge in [-0.25, -0.2) is 0 Å². The van der Waals surface area contributed by atoms with Crippen molar-refractivity contribution in [1.29, 1.82) is 0 Å². The van der Waals surface area contributed by atoms with Crippen molar-refractivity contribution in [2.45, 2.75) is 65.0 Å². The van der Waals surface area contributed by atoms with Gasteiger partial charge in [-0.2, -0.15) is 0 Å². The molecule has 19 heavy (non-hydrogen) atoms. The van der Waals surface area contributed by atoms with Crippen molar-refractivity contribution in [3.8, 4) is 0 Å². The highest BCUT2D eigenvalue weighted by Gasteiger charge is 2.46. The van der Waals surface area contributed by atoms with Crippen LogP contribution in [0.25, 0.3) is 0 Å². The summed E-state index contributed by atoms with van der Waals surface area (Å²) in [4.78, 5) is 26.7. The summed E-state index contributed by atoms with van der Waals surface area (Å²) in [6.45, 7) is 8.37. The number of hydrogen-bond acceptors (Lipinski definition) is 2. The van der Waals surface area contributed by atoms with Crippen LogP contribution in [0.1, 0.15) is 53.4 Å². The Morgan fingerprint density at radius 2 is 1.84 bits per heavy atom. The van der Waals surface area contributed by atoms with Crippen molar-refractivity contribution in [2.75, 3.05) is 6.54 Å². The van der Waals surface area contributed by atoms with E-state index in [4.69, 9.17) is 0 Å². The van der Waals surface area contributed by atoms with E-state index < -0.39 is 5.54 Å². The van der Waals surface area contributed by atoms with Crippen molar-refractivity contribution < 1.29 is 9.59 Å². The maximum atomic E-state index is 12.6. The smallest absolute Gasteiger partial charge is 0.248 e. The van der Waals surface area contributed by atoms with Crippen LogP contribution < -0.4 is 5.32 Å². The van der Waals surface area contributed by atoms with Crippen molar-refractivity contribution in [3.05, 3.63) is 0 Å². The van der Waals surface area contributed by atoms with Crippen LogP contribution in [-0.4, -0.2) is 34.8 Å². The molecule has 0 spiro atoms. The Kier molecular flexibility index (Phi) is 3.88. The molecule has 1 atom stereocenters. The second kappa shape index (κ2) is 5.14. The average molecular weight is 266 g/mol. The van der Waals surface area contributed by atoms with Crippen molar-refractivity contribution in [3.63, 3.8) is 0 Å². The van der Waals surface area contributed by atoms with Crippen molar-refractivity contribution in [2.24, 2.45) is 11.8 Å². The van der Waals surface area contributed by atoms with Crippen LogP contribution in [0.3, 0.4) is 0 Å². The summed E-state index contributed by atoms with van der Waals surface area (Å²) < 4.78 is 0. The largest absolute Gasteiger partial charge is 0.340 e. The van der Waals surface area contributed by atoms with E-state index in [1.165, 1.54) is 25.7 Å². The third kappa shape index (κ3) is 2.77. The van der Waals surface area contributed by atoms with Crippen LogP contribution in [0.15, 0.2) is 0 Å². The fourth-order valence-corrected chi connectivity index (χ4v) is 3.39. The highest BCUT2D eigenvalue weighted by Crippen LogP contribution is 2.30. The van der Waals surface area contributed by atoms with E-state index in [1.54, 1.807) is 13.8 Å². The summed E-state index contributed by atoms with van der Waals surface area (Å²) in [6.07, 6.45) is 4.90. The van der Waals surface area contributed by atoms with E-state index in [9.17, 15) is 9.59 Å². The lowest BCUT2D eigenvalue weighted by atomic mass is 9.90. The molecule has 2 rings (SSSR count). The summed E-state index contributed by atoms with van der Waals surface area (Å²) >= 11 is 0. The summed E-state index contributed by atoms with van der Waals surface area (Å²) in [6, 6.07) is -0.305. The first-order chi connectivity index (χ1) is 8.83. The molecule has 0 aromatic rings. The van der Waals surface area contributed by atoms with Gasteiger partial charge >= 0.3 is 0 Å². The number of amides is 2. The zero-order valence-electron chi connectivity index (χ0n) is 12.5. The van der Waals surface area contributed by atoms with Crippen molar-refractivity contribution >= 4 is 11.8 Å². The number of nitrogens with zero attached hydrogens (tertiary/aromatic N) is 1. The Hall–Kier alpha value is -1.06. The molecule has 0 bridgehead atoms. The molecule has 108 valence electrons. The summed E-state index contributed by atoms with van der Waals surface area (Å²) in [5, 5.41) is 2.86. The van der Waals surface area contributed by atoms with Gasteiger partial charge < -0.3 is 10.2 Å². The molecular weight excluding hydrogens is 240 g/mol. The molecule has 2 fully saturated rings. The van der Waals surface area contributed by atoms with Gasteiger partial charge in [0.2, 0.25) is 11.8 Å². The first-order valence-electron chi connectivity index (χ1n) is 7.46. The molecule has 2 aliphatic rings. The Labute approximate surface area is 115 Å². The molecule has 0 radical (unpaired) electrons. The third-order valence-corrected chi connectivity index (χ3v) is 4.40. The molecule has 2 amide bonds. The van der Waals surface area contributed by atoms with Crippen LogP contribution in [0.5, 0.6) is 0 Å². The van der Waals surface area contributed by atoms with E-state index in [2.05, 4.69) is 5.32 Å². The number of piperazine rings is 1. The first-order valence-corrected chi connectivity index (χ1v) is 7.46. The minimum atomic E-state index is -0.763. The second-order valence-electron chi connectivity index (χ2n) is 6.91. The lowest BCUT2D eigenvalue weighted by molar-refractivity contribution is -0.156. The molecule has 1 saturated carbocycles. The lowest BCUT2D eigenvalue weighted by Gasteiger charge is -2.45. The molecule has 4 heteroatoms. The molecule has 4 nitrogen and oxygen atoms in total. The molecular formula is C15H26N2O2. The van der Waals surface area contributed by atoms with Gasteiger partial charge in [-0.3, -0.25) is 9.59 Å². The van der Waals surface area contributed by atoms with Crippen LogP contribution in [0.4, 0.5) is 0 Å². The molecule has 0 aromatic carbocycles. The van der Waals surface area contributed by atoms with Gasteiger partial charge in [0.15, 0.2) is 0 Å². The van der Waals surface area contributed by atoms with Crippen LogP contribution in [-0.2, 0) is 9.59 Å². The molecule has 1 heterocycles. The SMILES string of the molecule is CC(C)C1C(=O)NC(C)(C)C(=O)N1CC1CCCC1. The normalized spacial score (nSPS) is 28.1. The number of carbonyl (C=O) groups excluding carboxylic acids is 2. The summed E-state index contributed by atoms with van der Waals surface area (Å²) in [7, 11) is 0. The number of rotatable bonds is 3. The Balaban J connectivity index is 2.20. The fourth-order valence-electron chi connectivity index (χ4n) is 3.39. The topological polar surface area (TPSA) is 49.4 Å². The molecule has 1 unspecified atom stereocenters. The van der Waals surface area contributed by atoms with Gasteiger partial charge in [0.1, 0.15) is 11.6 Å². The third-order valence-electron chi connectivity index (χ3n) is 4.40. The van der Waals surface area contributed by atoms with Crippen LogP contribution in [0, 0.1) is 11.8 Å². The fraction of sp³-hybridized carbons (Fsp3) is 0.867. The van der Waals surface area contributed by atoms with Gasteiger partial charge in [0.25, 0.3) is 0 Å². The van der Waals surface area contributed by atoms with Crippen LogP contribution in [0.2, 0.25) is 0 Å². The lowest BCUT2D eigenvalue weighted by Crippen LogP contribution is -2.69. The van der Waals surface area contributed by atoms with E-state index in [0.29, 0.717) is 5.92 Å². The van der Waals surface area contributed by atoms with E-state index >= 15 is 0 Å². The highest BCUT2D eigenvalue weighted by atomic mass is 16.2. The zero-order chi connectivity index (χ0) is 14.2. The average Bonchev–Trinajstić information content (AvgIpc) is 2.77.